The van der Waals surface area contributed by atoms with E-state index < -0.39 is 0 Å². The summed E-state index contributed by atoms with van der Waals surface area (Å²) in [6.07, 6.45) is 4.14. The van der Waals surface area contributed by atoms with Gasteiger partial charge in [0.25, 0.3) is 0 Å². The molecule has 1 unspecified atom stereocenters. The molecule has 1 N–H and O–H groups in total. The maximum atomic E-state index is 12.8. The van der Waals surface area contributed by atoms with Gasteiger partial charge in [0.15, 0.2) is 11.0 Å². The van der Waals surface area contributed by atoms with E-state index in [1.165, 1.54) is 27.1 Å². The third-order valence-electron chi connectivity index (χ3n) is 7.34. The Morgan fingerprint density at radius 1 is 1.38 bits per heavy atom. The number of nitrogens with zero attached hydrogens (tertiary/aromatic N) is 4. The highest BCUT2D eigenvalue weighted by atomic mass is 32.2. The molecule has 3 aromatic rings. The fourth-order valence-electron chi connectivity index (χ4n) is 4.45. The summed E-state index contributed by atoms with van der Waals surface area (Å²) in [5, 5.41) is 25.0. The molecule has 0 aliphatic heterocycles. The summed E-state index contributed by atoms with van der Waals surface area (Å²) < 4.78 is 1.94. The van der Waals surface area contributed by atoms with Crippen LogP contribution in [-0.4, -0.2) is 26.4 Å². The second-order valence-corrected chi connectivity index (χ2v) is 12.8. The minimum Gasteiger partial charge on any atom is -0.316 e. The van der Waals surface area contributed by atoms with Crippen LogP contribution >= 0.6 is 34.4 Å². The Labute approximate surface area is 213 Å². The van der Waals surface area contributed by atoms with E-state index in [9.17, 15) is 10.1 Å². The van der Waals surface area contributed by atoms with E-state index in [1.54, 1.807) is 22.7 Å². The number of nitriles is 1. The maximum absolute atomic E-state index is 12.8. The number of thiophene rings is 2. The molecule has 3 aromatic heterocycles. The average molecular weight is 514 g/mol. The Morgan fingerprint density at radius 2 is 2.15 bits per heavy atom. The molecule has 0 saturated heterocycles. The van der Waals surface area contributed by atoms with Crippen LogP contribution in [0.25, 0.3) is 11.4 Å². The monoisotopic (exact) mass is 513 g/mol. The molecule has 1 atom stereocenters. The summed E-state index contributed by atoms with van der Waals surface area (Å²) in [6.45, 7) is 11.1. The molecule has 1 amide bonds. The zero-order valence-electron chi connectivity index (χ0n) is 20.6. The predicted molar refractivity (Wildman–Crippen MR) is 142 cm³/mol. The van der Waals surface area contributed by atoms with Crippen LogP contribution < -0.4 is 5.32 Å². The Kier molecular flexibility index (Phi) is 7.22. The topological polar surface area (TPSA) is 83.6 Å². The number of amides is 1. The van der Waals surface area contributed by atoms with Crippen LogP contribution in [0.5, 0.6) is 0 Å². The Balaban J connectivity index is 1.44. The molecule has 0 aromatic carbocycles. The van der Waals surface area contributed by atoms with E-state index in [1.807, 2.05) is 11.6 Å². The second-order valence-electron chi connectivity index (χ2n) is 9.63. The number of aryl methyl sites for hydroxylation is 1. The molecule has 0 fully saturated rings. The normalized spacial score (nSPS) is 15.7. The first-order valence-electron chi connectivity index (χ1n) is 11.6. The van der Waals surface area contributed by atoms with E-state index in [2.05, 4.69) is 61.6 Å². The van der Waals surface area contributed by atoms with Crippen molar-refractivity contribution in [2.24, 2.45) is 18.4 Å². The third-order valence-corrected chi connectivity index (χ3v) is 10.5. The van der Waals surface area contributed by atoms with Crippen LogP contribution in [0.2, 0.25) is 0 Å². The number of nitrogens with one attached hydrogen (secondary N) is 1. The lowest BCUT2D eigenvalue weighted by Crippen LogP contribution is -2.28. The van der Waals surface area contributed by atoms with Crippen molar-refractivity contribution in [2.75, 3.05) is 11.1 Å². The zero-order valence-corrected chi connectivity index (χ0v) is 23.1. The number of hydrogen-bond acceptors (Lipinski definition) is 7. The van der Waals surface area contributed by atoms with Crippen molar-refractivity contribution in [3.05, 3.63) is 31.8 Å². The highest BCUT2D eigenvalue weighted by Gasteiger charge is 2.34. The standard InChI is InChI=1S/C25H31N5OS3/c1-7-25(4,5)16-8-9-17-18(11-26)23(34-20(17)10-16)27-21(31)13-33-24-29-28-22(30(24)6)19-12-32-15(3)14(19)2/h12,16H,7-10,13H2,1-6H3,(H,27,31). The molecule has 180 valence electrons. The number of hydrogen-bond donors (Lipinski definition) is 1. The predicted octanol–water partition coefficient (Wildman–Crippen LogP) is 6.37. The molecule has 0 spiro atoms. The SMILES string of the molecule is CCC(C)(C)C1CCc2c(sc(NC(=O)CSc3nnc(-c4csc(C)c4C)n3C)c2C#N)C1. The highest BCUT2D eigenvalue weighted by molar-refractivity contribution is 7.99. The summed E-state index contributed by atoms with van der Waals surface area (Å²) in [4.78, 5) is 15.3. The number of anilines is 1. The van der Waals surface area contributed by atoms with Crippen LogP contribution in [0, 0.1) is 36.5 Å². The number of rotatable bonds is 7. The molecule has 1 aliphatic rings. The fourth-order valence-corrected chi connectivity index (χ4v) is 7.32. The van der Waals surface area contributed by atoms with Crippen molar-refractivity contribution >= 4 is 45.3 Å². The van der Waals surface area contributed by atoms with Gasteiger partial charge >= 0.3 is 0 Å². The first kappa shape index (κ1) is 25.0. The molecular formula is C25H31N5OS3. The van der Waals surface area contributed by atoms with E-state index in [4.69, 9.17) is 0 Å². The second kappa shape index (κ2) is 9.84. The Bertz CT molecular complexity index is 1260. The van der Waals surface area contributed by atoms with E-state index in [-0.39, 0.29) is 17.1 Å². The molecular weight excluding hydrogens is 483 g/mol. The minimum absolute atomic E-state index is 0.127. The summed E-state index contributed by atoms with van der Waals surface area (Å²) in [5.41, 5.74) is 4.36. The lowest BCUT2D eigenvalue weighted by atomic mass is 9.69. The summed E-state index contributed by atoms with van der Waals surface area (Å²) in [7, 11) is 1.93. The maximum Gasteiger partial charge on any atom is 0.235 e. The van der Waals surface area contributed by atoms with Crippen LogP contribution in [0.1, 0.15) is 60.1 Å². The Morgan fingerprint density at radius 3 is 2.79 bits per heavy atom. The van der Waals surface area contributed by atoms with Gasteiger partial charge in [-0.15, -0.1) is 32.9 Å². The molecule has 6 nitrogen and oxygen atoms in total. The zero-order chi connectivity index (χ0) is 24.6. The van der Waals surface area contributed by atoms with Crippen molar-refractivity contribution in [3.8, 4) is 17.5 Å². The molecule has 9 heteroatoms. The van der Waals surface area contributed by atoms with Gasteiger partial charge in [0.05, 0.1) is 11.3 Å². The molecule has 3 heterocycles. The van der Waals surface area contributed by atoms with Gasteiger partial charge in [0.2, 0.25) is 5.91 Å². The van der Waals surface area contributed by atoms with Crippen LogP contribution in [0.3, 0.4) is 0 Å². The molecule has 0 saturated carbocycles. The van der Waals surface area contributed by atoms with Gasteiger partial charge in [-0.05, 0) is 55.6 Å². The van der Waals surface area contributed by atoms with Crippen molar-refractivity contribution in [3.63, 3.8) is 0 Å². The number of carbonyl (C=O) groups excluding carboxylic acids is 1. The van der Waals surface area contributed by atoms with Gasteiger partial charge in [-0.25, -0.2) is 0 Å². The fraction of sp³-hybridized carbons (Fsp3) is 0.520. The molecule has 0 bridgehead atoms. The van der Waals surface area contributed by atoms with Gasteiger partial charge in [0, 0.05) is 27.7 Å². The number of aromatic nitrogens is 3. The van der Waals surface area contributed by atoms with Gasteiger partial charge in [-0.1, -0.05) is 39.0 Å². The van der Waals surface area contributed by atoms with Gasteiger partial charge in [-0.2, -0.15) is 5.26 Å². The van der Waals surface area contributed by atoms with E-state index >= 15 is 0 Å². The Hall–Kier alpha value is -2.15. The first-order chi connectivity index (χ1) is 16.2. The lowest BCUT2D eigenvalue weighted by molar-refractivity contribution is -0.113. The first-order valence-corrected chi connectivity index (χ1v) is 14.3. The summed E-state index contributed by atoms with van der Waals surface area (Å²) in [6, 6.07) is 2.35. The lowest BCUT2D eigenvalue weighted by Gasteiger charge is -2.36. The van der Waals surface area contributed by atoms with Crippen molar-refractivity contribution in [1.29, 1.82) is 5.26 Å². The third kappa shape index (κ3) is 4.68. The van der Waals surface area contributed by atoms with Gasteiger partial charge in [0.1, 0.15) is 11.1 Å². The smallest absolute Gasteiger partial charge is 0.235 e. The molecule has 1 aliphatic carbocycles. The number of fused-ring (bicyclic) bond motifs is 1. The average Bonchev–Trinajstić information content (AvgIpc) is 3.46. The van der Waals surface area contributed by atoms with Crippen molar-refractivity contribution in [2.45, 2.75) is 65.5 Å². The minimum atomic E-state index is -0.127. The van der Waals surface area contributed by atoms with Crippen LogP contribution in [0.15, 0.2) is 10.5 Å². The summed E-state index contributed by atoms with van der Waals surface area (Å²) in [5.74, 6) is 1.51. The van der Waals surface area contributed by atoms with Crippen LogP contribution in [-0.2, 0) is 24.7 Å². The molecule has 34 heavy (non-hydrogen) atoms. The quantitative estimate of drug-likeness (QED) is 0.371. The van der Waals surface area contributed by atoms with Gasteiger partial charge in [-0.3, -0.25) is 4.79 Å². The van der Waals surface area contributed by atoms with Crippen molar-refractivity contribution in [1.82, 2.24) is 14.8 Å². The van der Waals surface area contributed by atoms with Crippen LogP contribution in [0.4, 0.5) is 5.00 Å². The highest BCUT2D eigenvalue weighted by Crippen LogP contribution is 2.45. The summed E-state index contributed by atoms with van der Waals surface area (Å²) >= 11 is 4.64. The van der Waals surface area contributed by atoms with E-state index in [0.29, 0.717) is 21.6 Å². The largest absolute Gasteiger partial charge is 0.316 e. The van der Waals surface area contributed by atoms with Gasteiger partial charge < -0.3 is 9.88 Å². The molecule has 4 rings (SSSR count). The molecule has 0 radical (unpaired) electrons. The number of carbonyl (C=O) groups is 1. The van der Waals surface area contributed by atoms with E-state index in [0.717, 1.165) is 42.6 Å². The number of thioether (sulfide) groups is 1. The van der Waals surface area contributed by atoms with Crippen molar-refractivity contribution < 1.29 is 4.79 Å².